The maximum absolute atomic E-state index is 10.3. The van der Waals surface area contributed by atoms with Crippen molar-refractivity contribution in [2.24, 2.45) is 0 Å². The Morgan fingerprint density at radius 1 is 1.04 bits per heavy atom. The second kappa shape index (κ2) is 7.44. The lowest BCUT2D eigenvalue weighted by molar-refractivity contribution is 0.321. The van der Waals surface area contributed by atoms with E-state index in [9.17, 15) is 10.2 Å². The third kappa shape index (κ3) is 3.14. The van der Waals surface area contributed by atoms with Gasteiger partial charge in [-0.2, -0.15) is 0 Å². The minimum absolute atomic E-state index is 0.0307. The van der Waals surface area contributed by atoms with Crippen LogP contribution in [-0.4, -0.2) is 31.8 Å². The third-order valence-corrected chi connectivity index (χ3v) is 4.74. The lowest BCUT2D eigenvalue weighted by atomic mass is 10.0. The molecule has 2 N–H and O–H groups in total. The second-order valence-corrected chi connectivity index (χ2v) is 6.78. The van der Waals surface area contributed by atoms with E-state index < -0.39 is 0 Å². The van der Waals surface area contributed by atoms with Gasteiger partial charge in [0.05, 0.1) is 6.61 Å². The molecule has 0 saturated heterocycles. The molecular formula is C21H19N3O3S. The summed E-state index contributed by atoms with van der Waals surface area (Å²) in [6.07, 6.45) is 0.924. The first kappa shape index (κ1) is 18.2. The van der Waals surface area contributed by atoms with Gasteiger partial charge in [0.15, 0.2) is 0 Å². The molecule has 6 nitrogen and oxygen atoms in total. The largest absolute Gasteiger partial charge is 0.508 e. The van der Waals surface area contributed by atoms with Crippen molar-refractivity contribution in [3.63, 3.8) is 0 Å². The Hall–Kier alpha value is -3.19. The zero-order valence-electron chi connectivity index (χ0n) is 15.2. The smallest absolute Gasteiger partial charge is 0.145 e. The van der Waals surface area contributed by atoms with Gasteiger partial charge in [0, 0.05) is 17.0 Å². The number of aromatic hydroxyl groups is 2. The monoisotopic (exact) mass is 393 g/mol. The summed E-state index contributed by atoms with van der Waals surface area (Å²) in [7, 11) is 0. The number of ether oxygens (including phenoxy) is 1. The van der Waals surface area contributed by atoms with Gasteiger partial charge in [-0.15, -0.1) is 17.7 Å². The lowest BCUT2D eigenvalue weighted by Gasteiger charge is -2.13. The average molecular weight is 393 g/mol. The molecule has 142 valence electrons. The summed E-state index contributed by atoms with van der Waals surface area (Å²) in [4.78, 5) is 0. The summed E-state index contributed by atoms with van der Waals surface area (Å²) in [5, 5.41) is 30.5. The quantitative estimate of drug-likeness (QED) is 0.433. The standard InChI is InChI=1S/C21H19N3O3S/c1-2-11-27-19-8-4-5-14-15(19)6-3-7-16(14)20-21(28)22-23-24(20)17-10-9-13(25)12-18(17)26/h3-10,12,25-26,28H,2,11H2,1H3. The highest BCUT2D eigenvalue weighted by molar-refractivity contribution is 7.80. The molecule has 1 heterocycles. The van der Waals surface area contributed by atoms with Gasteiger partial charge in [0.2, 0.25) is 0 Å². The highest BCUT2D eigenvalue weighted by atomic mass is 32.1. The molecule has 0 aliphatic carbocycles. The van der Waals surface area contributed by atoms with E-state index >= 15 is 0 Å². The fourth-order valence-corrected chi connectivity index (χ4v) is 3.45. The maximum Gasteiger partial charge on any atom is 0.145 e. The number of fused-ring (bicyclic) bond motifs is 1. The zero-order chi connectivity index (χ0) is 19.7. The molecule has 1 aromatic heterocycles. The predicted octanol–water partition coefficient (Wildman–Crippen LogP) is 4.58. The van der Waals surface area contributed by atoms with E-state index in [0.717, 1.165) is 28.5 Å². The van der Waals surface area contributed by atoms with Crippen LogP contribution in [0.1, 0.15) is 13.3 Å². The van der Waals surface area contributed by atoms with Crippen molar-refractivity contribution in [3.8, 4) is 34.2 Å². The summed E-state index contributed by atoms with van der Waals surface area (Å²) in [5.74, 6) is 0.678. The first-order valence-corrected chi connectivity index (χ1v) is 9.36. The van der Waals surface area contributed by atoms with E-state index in [0.29, 0.717) is 23.0 Å². The van der Waals surface area contributed by atoms with E-state index in [4.69, 9.17) is 4.74 Å². The highest BCUT2D eigenvalue weighted by Gasteiger charge is 2.19. The molecule has 4 aromatic rings. The number of thiol groups is 1. The molecule has 28 heavy (non-hydrogen) atoms. The second-order valence-electron chi connectivity index (χ2n) is 6.35. The van der Waals surface area contributed by atoms with Gasteiger partial charge < -0.3 is 14.9 Å². The number of phenolic OH excluding ortho intramolecular Hbond substituents is 2. The van der Waals surface area contributed by atoms with Gasteiger partial charge in [-0.1, -0.05) is 42.5 Å². The fourth-order valence-electron chi connectivity index (χ4n) is 3.19. The molecule has 0 bridgehead atoms. The molecular weight excluding hydrogens is 374 g/mol. The summed E-state index contributed by atoms with van der Waals surface area (Å²) in [5.41, 5.74) is 1.90. The average Bonchev–Trinajstić information content (AvgIpc) is 3.07. The number of nitrogens with zero attached hydrogens (tertiary/aromatic N) is 3. The Morgan fingerprint density at radius 2 is 1.82 bits per heavy atom. The first-order valence-electron chi connectivity index (χ1n) is 8.92. The number of hydrogen-bond donors (Lipinski definition) is 3. The Balaban J connectivity index is 1.93. The van der Waals surface area contributed by atoms with Gasteiger partial charge in [-0.05, 0) is 30.0 Å². The summed E-state index contributed by atoms with van der Waals surface area (Å²) < 4.78 is 7.41. The molecule has 0 fully saturated rings. The van der Waals surface area contributed by atoms with Crippen LogP contribution in [0.15, 0.2) is 59.6 Å². The number of aromatic nitrogens is 3. The number of benzene rings is 3. The van der Waals surface area contributed by atoms with Crippen LogP contribution >= 0.6 is 12.6 Å². The van der Waals surface area contributed by atoms with Crippen LogP contribution < -0.4 is 4.74 Å². The Morgan fingerprint density at radius 3 is 2.61 bits per heavy atom. The van der Waals surface area contributed by atoms with E-state index in [1.807, 2.05) is 36.4 Å². The van der Waals surface area contributed by atoms with Crippen molar-refractivity contribution >= 4 is 23.4 Å². The van der Waals surface area contributed by atoms with Gasteiger partial charge in [-0.3, -0.25) is 0 Å². The molecule has 0 aliphatic heterocycles. The summed E-state index contributed by atoms with van der Waals surface area (Å²) in [6.45, 7) is 2.71. The van der Waals surface area contributed by atoms with E-state index in [2.05, 4.69) is 29.9 Å². The Bertz CT molecular complexity index is 1160. The normalized spacial score (nSPS) is 11.1. The van der Waals surface area contributed by atoms with E-state index in [-0.39, 0.29) is 11.5 Å². The minimum atomic E-state index is -0.105. The van der Waals surface area contributed by atoms with Gasteiger partial charge in [-0.25, -0.2) is 4.68 Å². The van der Waals surface area contributed by atoms with E-state index in [1.165, 1.54) is 16.8 Å². The van der Waals surface area contributed by atoms with Crippen molar-refractivity contribution in [1.29, 1.82) is 0 Å². The summed E-state index contributed by atoms with van der Waals surface area (Å²) >= 11 is 4.49. The van der Waals surface area contributed by atoms with Gasteiger partial charge in [0.25, 0.3) is 0 Å². The molecule has 3 aromatic carbocycles. The van der Waals surface area contributed by atoms with Crippen LogP contribution in [0.3, 0.4) is 0 Å². The van der Waals surface area contributed by atoms with Gasteiger partial charge in [0.1, 0.15) is 33.7 Å². The maximum atomic E-state index is 10.3. The highest BCUT2D eigenvalue weighted by Crippen LogP contribution is 2.38. The van der Waals surface area contributed by atoms with Crippen LogP contribution in [0.4, 0.5) is 0 Å². The molecule has 0 saturated carbocycles. The van der Waals surface area contributed by atoms with Crippen molar-refractivity contribution in [1.82, 2.24) is 15.0 Å². The Kier molecular flexibility index (Phi) is 4.83. The molecule has 0 amide bonds. The third-order valence-electron chi connectivity index (χ3n) is 4.44. The topological polar surface area (TPSA) is 80.4 Å². The zero-order valence-corrected chi connectivity index (χ0v) is 16.1. The molecule has 0 atom stereocenters. The first-order chi connectivity index (χ1) is 13.6. The van der Waals surface area contributed by atoms with Crippen LogP contribution in [0, 0.1) is 0 Å². The SMILES string of the molecule is CCCOc1cccc2c(-c3c(S)nnn3-c3ccc(O)cc3O)cccc12. The Labute approximate surface area is 167 Å². The summed E-state index contributed by atoms with van der Waals surface area (Å²) in [6, 6.07) is 16.1. The van der Waals surface area contributed by atoms with Crippen molar-refractivity contribution in [3.05, 3.63) is 54.6 Å². The predicted molar refractivity (Wildman–Crippen MR) is 111 cm³/mol. The van der Waals surface area contributed by atoms with Crippen LogP contribution in [0.2, 0.25) is 0 Å². The van der Waals surface area contributed by atoms with Crippen molar-refractivity contribution < 1.29 is 14.9 Å². The van der Waals surface area contributed by atoms with E-state index in [1.54, 1.807) is 6.07 Å². The fraction of sp³-hybridized carbons (Fsp3) is 0.143. The van der Waals surface area contributed by atoms with Crippen LogP contribution in [0.5, 0.6) is 17.2 Å². The van der Waals surface area contributed by atoms with Gasteiger partial charge >= 0.3 is 0 Å². The molecule has 0 spiro atoms. The number of hydrogen-bond acceptors (Lipinski definition) is 6. The number of rotatable bonds is 5. The molecule has 4 rings (SSSR count). The minimum Gasteiger partial charge on any atom is -0.508 e. The number of phenols is 2. The van der Waals surface area contributed by atoms with Crippen LogP contribution in [0.25, 0.3) is 27.7 Å². The molecule has 0 unspecified atom stereocenters. The van der Waals surface area contributed by atoms with Crippen molar-refractivity contribution in [2.45, 2.75) is 18.4 Å². The van der Waals surface area contributed by atoms with Crippen LogP contribution in [-0.2, 0) is 0 Å². The molecule has 7 heteroatoms. The lowest BCUT2D eigenvalue weighted by Crippen LogP contribution is -2.01. The van der Waals surface area contributed by atoms with Crippen molar-refractivity contribution in [2.75, 3.05) is 6.61 Å². The molecule has 0 radical (unpaired) electrons. The molecule has 0 aliphatic rings.